The Hall–Kier alpha value is -1.73. The second-order valence-electron chi connectivity index (χ2n) is 8.93. The zero-order valence-corrected chi connectivity index (χ0v) is 22.1. The van der Waals surface area contributed by atoms with Gasteiger partial charge >= 0.3 is 0 Å². The van der Waals surface area contributed by atoms with E-state index in [1.165, 1.54) is 75.3 Å². The van der Waals surface area contributed by atoms with E-state index in [1.54, 1.807) is 0 Å². The van der Waals surface area contributed by atoms with Crippen molar-refractivity contribution in [2.24, 2.45) is 9.98 Å². The molecule has 0 fully saturated rings. The fourth-order valence-corrected chi connectivity index (χ4v) is 3.89. The maximum Gasteiger partial charge on any atom is 0.0636 e. The summed E-state index contributed by atoms with van der Waals surface area (Å²) in [4.78, 5) is 9.83. The fourth-order valence-electron chi connectivity index (χ4n) is 3.89. The summed E-state index contributed by atoms with van der Waals surface area (Å²) in [5, 5.41) is 0. The molecular formula is C30H44N2Ni. The Balaban J connectivity index is 0.00000544. The third-order valence-corrected chi connectivity index (χ3v) is 5.88. The molecule has 0 unspecified atom stereocenters. The van der Waals surface area contributed by atoms with Gasteiger partial charge in [0.1, 0.15) is 0 Å². The Kier molecular flexibility index (Phi) is 16.6. The van der Waals surface area contributed by atoms with Crippen LogP contribution in [0.25, 0.3) is 0 Å². The van der Waals surface area contributed by atoms with Crippen LogP contribution in [0.3, 0.4) is 0 Å². The van der Waals surface area contributed by atoms with Crippen LogP contribution in [0, 0.1) is 0 Å². The first kappa shape index (κ1) is 29.3. The first-order valence-electron chi connectivity index (χ1n) is 13.0. The van der Waals surface area contributed by atoms with Gasteiger partial charge in [-0.3, -0.25) is 9.98 Å². The minimum Gasteiger partial charge on any atom is -0.255 e. The number of rotatable bonds is 16. The van der Waals surface area contributed by atoms with Crippen molar-refractivity contribution in [2.75, 3.05) is 0 Å². The van der Waals surface area contributed by atoms with E-state index >= 15 is 0 Å². The maximum atomic E-state index is 5.02. The van der Waals surface area contributed by atoms with Crippen molar-refractivity contribution in [3.63, 3.8) is 0 Å². The summed E-state index contributed by atoms with van der Waals surface area (Å²) in [5.41, 5.74) is 5.94. The van der Waals surface area contributed by atoms with Crippen molar-refractivity contribution in [2.45, 2.75) is 104 Å². The van der Waals surface area contributed by atoms with Crippen LogP contribution in [0.5, 0.6) is 0 Å². The predicted molar refractivity (Wildman–Crippen MR) is 143 cm³/mol. The van der Waals surface area contributed by atoms with Crippen LogP contribution >= 0.6 is 0 Å². The van der Waals surface area contributed by atoms with Crippen LogP contribution in [0.1, 0.15) is 103 Å². The van der Waals surface area contributed by atoms with Crippen LogP contribution in [0.15, 0.2) is 58.5 Å². The molecule has 2 aromatic rings. The number of benzene rings is 2. The molecule has 3 heteroatoms. The average Bonchev–Trinajstić information content (AvgIpc) is 2.82. The first-order valence-corrected chi connectivity index (χ1v) is 13.0. The average molecular weight is 491 g/mol. The van der Waals surface area contributed by atoms with Gasteiger partial charge in [0.05, 0.1) is 17.1 Å². The van der Waals surface area contributed by atoms with Gasteiger partial charge in [-0.1, -0.05) is 90.0 Å². The second-order valence-corrected chi connectivity index (χ2v) is 8.93. The van der Waals surface area contributed by atoms with Crippen molar-refractivity contribution in [3.8, 4) is 0 Å². The van der Waals surface area contributed by atoms with E-state index < -0.39 is 0 Å². The maximum absolute atomic E-state index is 5.02. The summed E-state index contributed by atoms with van der Waals surface area (Å²) >= 11 is 0. The zero-order chi connectivity index (χ0) is 22.9. The molecule has 33 heavy (non-hydrogen) atoms. The van der Waals surface area contributed by atoms with Gasteiger partial charge in [-0.05, 0) is 73.9 Å². The largest absolute Gasteiger partial charge is 0.255 e. The molecule has 0 aliphatic carbocycles. The van der Waals surface area contributed by atoms with Crippen LogP contribution in [0.4, 0.5) is 11.4 Å². The quantitative estimate of drug-likeness (QED) is 0.127. The van der Waals surface area contributed by atoms with E-state index in [9.17, 15) is 0 Å². The van der Waals surface area contributed by atoms with Crippen LogP contribution in [-0.2, 0) is 29.3 Å². The van der Waals surface area contributed by atoms with Gasteiger partial charge in [0.2, 0.25) is 0 Å². The molecule has 0 radical (unpaired) electrons. The van der Waals surface area contributed by atoms with E-state index in [-0.39, 0.29) is 16.5 Å². The number of nitrogens with zero attached hydrogens (tertiary/aromatic N) is 2. The molecule has 0 spiro atoms. The number of aliphatic imine (C=N–C) groups is 2. The SMILES string of the molecule is CCCCCCCCC(C=Nc1cccc(CCCC)c1)=Nc1cccc(CCCC)c1.[Ni]. The summed E-state index contributed by atoms with van der Waals surface area (Å²) < 4.78 is 0. The Morgan fingerprint density at radius 3 is 1.85 bits per heavy atom. The van der Waals surface area contributed by atoms with E-state index in [1.807, 2.05) is 6.21 Å². The van der Waals surface area contributed by atoms with Gasteiger partial charge in [0, 0.05) is 22.7 Å². The van der Waals surface area contributed by atoms with Crippen molar-refractivity contribution in [1.82, 2.24) is 0 Å². The molecule has 0 heterocycles. The van der Waals surface area contributed by atoms with Gasteiger partial charge < -0.3 is 0 Å². The Labute approximate surface area is 213 Å². The van der Waals surface area contributed by atoms with Gasteiger partial charge in [-0.2, -0.15) is 0 Å². The molecule has 2 nitrogen and oxygen atoms in total. The topological polar surface area (TPSA) is 24.7 Å². The molecule has 0 amide bonds. The molecular weight excluding hydrogens is 447 g/mol. The van der Waals surface area contributed by atoms with Gasteiger partial charge in [-0.15, -0.1) is 0 Å². The molecule has 0 saturated heterocycles. The fraction of sp³-hybridized carbons (Fsp3) is 0.533. The Bertz CT molecular complexity index is 826. The zero-order valence-electron chi connectivity index (χ0n) is 21.1. The standard InChI is InChI=1S/C30H44N2.Ni/c1-4-7-10-11-12-13-20-30(32-29-22-15-19-27(24-29)17-9-6-3)25-31-28-21-14-18-26(23-28)16-8-5-2;/h14-15,18-19,21-25H,4-13,16-17,20H2,1-3H3;. The van der Waals surface area contributed by atoms with E-state index in [0.29, 0.717) is 0 Å². The summed E-state index contributed by atoms with van der Waals surface area (Å²) in [7, 11) is 0. The third-order valence-electron chi connectivity index (χ3n) is 5.88. The van der Waals surface area contributed by atoms with Crippen LogP contribution < -0.4 is 0 Å². The van der Waals surface area contributed by atoms with E-state index in [2.05, 4.69) is 69.3 Å². The summed E-state index contributed by atoms with van der Waals surface area (Å²) in [6, 6.07) is 17.4. The number of hydrogen-bond acceptors (Lipinski definition) is 2. The summed E-state index contributed by atoms with van der Waals surface area (Å²) in [6.45, 7) is 6.76. The Morgan fingerprint density at radius 2 is 1.21 bits per heavy atom. The van der Waals surface area contributed by atoms with Crippen LogP contribution in [0.2, 0.25) is 0 Å². The van der Waals surface area contributed by atoms with Gasteiger partial charge in [0.15, 0.2) is 0 Å². The molecule has 0 N–H and O–H groups in total. The monoisotopic (exact) mass is 490 g/mol. The molecule has 2 aromatic carbocycles. The minimum absolute atomic E-state index is 0. The molecule has 0 atom stereocenters. The molecule has 0 bridgehead atoms. The number of aryl methyl sites for hydroxylation is 2. The normalized spacial score (nSPS) is 11.7. The van der Waals surface area contributed by atoms with Crippen LogP contribution in [-0.4, -0.2) is 11.9 Å². The van der Waals surface area contributed by atoms with Crippen molar-refractivity contribution in [3.05, 3.63) is 59.7 Å². The first-order chi connectivity index (χ1) is 15.7. The smallest absolute Gasteiger partial charge is 0.0636 e. The molecule has 184 valence electrons. The van der Waals surface area contributed by atoms with Gasteiger partial charge in [0.25, 0.3) is 0 Å². The molecule has 0 aliphatic rings. The summed E-state index contributed by atoms with van der Waals surface area (Å²) in [6.07, 6.45) is 17.9. The third kappa shape index (κ3) is 12.9. The van der Waals surface area contributed by atoms with Crippen molar-refractivity contribution >= 4 is 23.3 Å². The van der Waals surface area contributed by atoms with Crippen molar-refractivity contribution < 1.29 is 16.5 Å². The van der Waals surface area contributed by atoms with E-state index in [4.69, 9.17) is 9.98 Å². The molecule has 0 aliphatic heterocycles. The van der Waals surface area contributed by atoms with E-state index in [0.717, 1.165) is 36.3 Å². The predicted octanol–water partition coefficient (Wildman–Crippen LogP) is 9.59. The minimum atomic E-state index is 0. The number of unbranched alkanes of at least 4 members (excludes halogenated alkanes) is 7. The van der Waals surface area contributed by atoms with Crippen molar-refractivity contribution in [1.29, 1.82) is 0 Å². The molecule has 2 rings (SSSR count). The molecule has 0 saturated carbocycles. The van der Waals surface area contributed by atoms with Gasteiger partial charge in [-0.25, -0.2) is 0 Å². The molecule has 0 aromatic heterocycles. The summed E-state index contributed by atoms with van der Waals surface area (Å²) in [5.74, 6) is 0. The Morgan fingerprint density at radius 1 is 0.667 bits per heavy atom. The second kappa shape index (κ2) is 18.7. The number of hydrogen-bond donors (Lipinski definition) is 0.